The molecule has 0 amide bonds. The molecule has 1 atom stereocenters. The highest BCUT2D eigenvalue weighted by molar-refractivity contribution is 5.59. The van der Waals surface area contributed by atoms with Crippen molar-refractivity contribution >= 4 is 5.82 Å². The van der Waals surface area contributed by atoms with Crippen molar-refractivity contribution in [3.8, 4) is 6.07 Å². The Balaban J connectivity index is 1.75. The van der Waals surface area contributed by atoms with Crippen molar-refractivity contribution in [2.45, 2.75) is 51.9 Å². The number of pyridine rings is 1. The highest BCUT2D eigenvalue weighted by Gasteiger charge is 2.44. The van der Waals surface area contributed by atoms with E-state index in [1.165, 1.54) is 11.3 Å². The summed E-state index contributed by atoms with van der Waals surface area (Å²) in [6.45, 7) is 7.80. The Labute approximate surface area is 148 Å². The fourth-order valence-electron chi connectivity index (χ4n) is 4.52. The van der Waals surface area contributed by atoms with Gasteiger partial charge in [-0.15, -0.1) is 0 Å². The summed E-state index contributed by atoms with van der Waals surface area (Å²) in [5.41, 5.74) is 5.28. The van der Waals surface area contributed by atoms with E-state index in [1.807, 2.05) is 33.0 Å². The third kappa shape index (κ3) is 2.57. The molecule has 1 aliphatic carbocycles. The van der Waals surface area contributed by atoms with Gasteiger partial charge >= 0.3 is 0 Å². The Hall–Kier alpha value is -2.48. The summed E-state index contributed by atoms with van der Waals surface area (Å²) in [6, 6.07) is 4.36. The van der Waals surface area contributed by atoms with Crippen LogP contribution in [0, 0.1) is 32.1 Å². The number of hydrogen-bond donors (Lipinski definition) is 0. The molecule has 128 valence electrons. The van der Waals surface area contributed by atoms with E-state index in [0.29, 0.717) is 5.56 Å². The third-order valence-corrected chi connectivity index (χ3v) is 5.67. The van der Waals surface area contributed by atoms with E-state index in [-0.39, 0.29) is 5.41 Å². The van der Waals surface area contributed by atoms with Crippen molar-refractivity contribution < 1.29 is 0 Å². The summed E-state index contributed by atoms with van der Waals surface area (Å²) >= 11 is 0. The molecule has 0 N–H and O–H groups in total. The van der Waals surface area contributed by atoms with Crippen LogP contribution in [0.2, 0.25) is 0 Å². The van der Waals surface area contributed by atoms with Crippen LogP contribution in [-0.4, -0.2) is 28.0 Å². The van der Waals surface area contributed by atoms with Crippen molar-refractivity contribution in [2.75, 3.05) is 18.0 Å². The van der Waals surface area contributed by atoms with Crippen molar-refractivity contribution in [3.05, 3.63) is 46.2 Å². The minimum atomic E-state index is 0.0767. The number of nitriles is 1. The number of rotatable bonds is 1. The molecule has 0 saturated carbocycles. The number of anilines is 1. The van der Waals surface area contributed by atoms with Crippen LogP contribution in [0.15, 0.2) is 12.3 Å². The summed E-state index contributed by atoms with van der Waals surface area (Å²) in [5, 5.41) is 9.63. The first kappa shape index (κ1) is 16.0. The largest absolute Gasteiger partial charge is 0.355 e. The zero-order valence-corrected chi connectivity index (χ0v) is 15.1. The average molecular weight is 333 g/mol. The number of piperidine rings is 1. The maximum absolute atomic E-state index is 9.63. The summed E-state index contributed by atoms with van der Waals surface area (Å²) in [7, 11) is 0. The van der Waals surface area contributed by atoms with Gasteiger partial charge in [0, 0.05) is 30.4 Å². The van der Waals surface area contributed by atoms with E-state index in [2.05, 4.69) is 16.0 Å². The SMILES string of the molecule is Cc1cc(C)c(C#N)c(N2CCCC3(CCc4cnc(C)nc43)C2)n1. The molecule has 2 aromatic rings. The second kappa shape index (κ2) is 5.80. The number of fused-ring (bicyclic) bond motifs is 2. The van der Waals surface area contributed by atoms with Crippen LogP contribution in [0.5, 0.6) is 0 Å². The number of aromatic nitrogens is 3. The third-order valence-electron chi connectivity index (χ3n) is 5.67. The molecule has 1 spiro atoms. The van der Waals surface area contributed by atoms with Gasteiger partial charge < -0.3 is 4.90 Å². The lowest BCUT2D eigenvalue weighted by atomic mass is 9.77. The lowest BCUT2D eigenvalue weighted by Gasteiger charge is -2.41. The summed E-state index contributed by atoms with van der Waals surface area (Å²) < 4.78 is 0. The molecule has 3 heterocycles. The molecule has 5 heteroatoms. The topological polar surface area (TPSA) is 65.7 Å². The zero-order valence-electron chi connectivity index (χ0n) is 15.1. The summed E-state index contributed by atoms with van der Waals surface area (Å²) in [5.74, 6) is 1.69. The Bertz CT molecular complexity index is 878. The number of aryl methyl sites for hydroxylation is 4. The van der Waals surface area contributed by atoms with Crippen LogP contribution in [0.4, 0.5) is 5.82 Å². The predicted octanol–water partition coefficient (Wildman–Crippen LogP) is 3.15. The van der Waals surface area contributed by atoms with Crippen molar-refractivity contribution in [1.29, 1.82) is 5.26 Å². The van der Waals surface area contributed by atoms with Gasteiger partial charge in [0.1, 0.15) is 17.7 Å². The Morgan fingerprint density at radius 1 is 1.20 bits per heavy atom. The molecular formula is C20H23N5. The molecule has 5 nitrogen and oxygen atoms in total. The van der Waals surface area contributed by atoms with Gasteiger partial charge in [0.05, 0.1) is 11.3 Å². The quantitative estimate of drug-likeness (QED) is 0.802. The average Bonchev–Trinajstić information content (AvgIpc) is 2.92. The van der Waals surface area contributed by atoms with Crippen LogP contribution in [0.3, 0.4) is 0 Å². The van der Waals surface area contributed by atoms with Gasteiger partial charge in [0.2, 0.25) is 0 Å². The van der Waals surface area contributed by atoms with Gasteiger partial charge in [-0.05, 0) is 63.6 Å². The van der Waals surface area contributed by atoms with E-state index < -0.39 is 0 Å². The summed E-state index contributed by atoms with van der Waals surface area (Å²) in [4.78, 5) is 16.2. The first-order valence-electron chi connectivity index (χ1n) is 8.99. The first-order valence-corrected chi connectivity index (χ1v) is 8.99. The van der Waals surface area contributed by atoms with E-state index in [4.69, 9.17) is 9.97 Å². The van der Waals surface area contributed by atoms with E-state index >= 15 is 0 Å². The molecule has 1 unspecified atom stereocenters. The van der Waals surface area contributed by atoms with Gasteiger partial charge in [0.15, 0.2) is 0 Å². The van der Waals surface area contributed by atoms with Crippen molar-refractivity contribution in [1.82, 2.24) is 15.0 Å². The van der Waals surface area contributed by atoms with Gasteiger partial charge in [-0.3, -0.25) is 0 Å². The molecule has 1 aliphatic heterocycles. The zero-order chi connectivity index (χ0) is 17.6. The van der Waals surface area contributed by atoms with Crippen LogP contribution in [-0.2, 0) is 11.8 Å². The van der Waals surface area contributed by atoms with Crippen LogP contribution in [0.25, 0.3) is 0 Å². The molecule has 0 radical (unpaired) electrons. The Morgan fingerprint density at radius 3 is 2.84 bits per heavy atom. The highest BCUT2D eigenvalue weighted by Crippen LogP contribution is 2.44. The fraction of sp³-hybridized carbons (Fsp3) is 0.500. The normalized spacial score (nSPS) is 22.1. The van der Waals surface area contributed by atoms with Gasteiger partial charge in [0.25, 0.3) is 0 Å². The highest BCUT2D eigenvalue weighted by atomic mass is 15.2. The lowest BCUT2D eigenvalue weighted by Crippen LogP contribution is -2.46. The predicted molar refractivity (Wildman–Crippen MR) is 96.6 cm³/mol. The molecule has 0 aromatic carbocycles. The maximum Gasteiger partial charge on any atom is 0.147 e. The molecule has 2 aromatic heterocycles. The number of nitrogens with zero attached hydrogens (tertiary/aromatic N) is 5. The Kier molecular flexibility index (Phi) is 3.72. The second-order valence-corrected chi connectivity index (χ2v) is 7.49. The first-order chi connectivity index (χ1) is 12.0. The van der Waals surface area contributed by atoms with Crippen LogP contribution >= 0.6 is 0 Å². The smallest absolute Gasteiger partial charge is 0.147 e. The molecule has 25 heavy (non-hydrogen) atoms. The van der Waals surface area contributed by atoms with Gasteiger partial charge in [-0.25, -0.2) is 15.0 Å². The Morgan fingerprint density at radius 2 is 2.04 bits per heavy atom. The van der Waals surface area contributed by atoms with Crippen LogP contribution < -0.4 is 4.90 Å². The fourth-order valence-corrected chi connectivity index (χ4v) is 4.52. The minimum Gasteiger partial charge on any atom is -0.355 e. The van der Waals surface area contributed by atoms with Crippen molar-refractivity contribution in [2.24, 2.45) is 0 Å². The molecule has 0 bridgehead atoms. The second-order valence-electron chi connectivity index (χ2n) is 7.49. The van der Waals surface area contributed by atoms with E-state index in [0.717, 1.165) is 61.7 Å². The van der Waals surface area contributed by atoms with Gasteiger partial charge in [-0.1, -0.05) is 0 Å². The lowest BCUT2D eigenvalue weighted by molar-refractivity contribution is 0.332. The minimum absolute atomic E-state index is 0.0767. The van der Waals surface area contributed by atoms with Crippen molar-refractivity contribution in [3.63, 3.8) is 0 Å². The molecule has 4 rings (SSSR count). The molecule has 2 aliphatic rings. The van der Waals surface area contributed by atoms with Gasteiger partial charge in [-0.2, -0.15) is 5.26 Å². The monoisotopic (exact) mass is 333 g/mol. The maximum atomic E-state index is 9.63. The van der Waals surface area contributed by atoms with E-state index in [1.54, 1.807) is 0 Å². The standard InChI is InChI=1S/C20H23N5/c1-13-9-14(2)23-19(17(13)10-21)25-8-4-6-20(12-25)7-5-16-11-22-15(3)24-18(16)20/h9,11H,4-8,12H2,1-3H3. The molecule has 1 fully saturated rings. The molecular weight excluding hydrogens is 310 g/mol. The molecule has 1 saturated heterocycles. The number of hydrogen-bond acceptors (Lipinski definition) is 5. The summed E-state index contributed by atoms with van der Waals surface area (Å²) in [6.07, 6.45) is 6.42. The van der Waals surface area contributed by atoms with Crippen LogP contribution in [0.1, 0.15) is 53.2 Å². The van der Waals surface area contributed by atoms with E-state index in [9.17, 15) is 5.26 Å².